The number of rotatable bonds is 2. The molecule has 0 bridgehead atoms. The fourth-order valence-electron chi connectivity index (χ4n) is 2.16. The third kappa shape index (κ3) is 2.47. The van der Waals surface area contributed by atoms with Gasteiger partial charge in [-0.05, 0) is 26.1 Å². The van der Waals surface area contributed by atoms with Crippen LogP contribution in [0.1, 0.15) is 6.92 Å². The minimum atomic E-state index is -3.46. The van der Waals surface area contributed by atoms with Gasteiger partial charge in [0.15, 0.2) is 0 Å². The Balaban J connectivity index is 2.28. The van der Waals surface area contributed by atoms with Gasteiger partial charge < -0.3 is 10.6 Å². The fraction of sp³-hybridized carbons (Fsp3) is 0.545. The zero-order valence-corrected chi connectivity index (χ0v) is 11.4. The first kappa shape index (κ1) is 13.3. The third-order valence-corrected chi connectivity index (χ3v) is 5.13. The number of nitrogen functional groups attached to an aromatic ring is 1. The summed E-state index contributed by atoms with van der Waals surface area (Å²) in [7, 11) is -1.47. The van der Waals surface area contributed by atoms with Crippen LogP contribution in [0.3, 0.4) is 0 Å². The first-order chi connectivity index (χ1) is 8.41. The molecule has 0 aromatic carbocycles. The van der Waals surface area contributed by atoms with E-state index in [0.717, 1.165) is 13.1 Å². The van der Waals surface area contributed by atoms with E-state index in [1.54, 1.807) is 0 Å². The van der Waals surface area contributed by atoms with Crippen molar-refractivity contribution in [1.82, 2.24) is 14.2 Å². The maximum absolute atomic E-state index is 12.4. The van der Waals surface area contributed by atoms with Crippen molar-refractivity contribution in [2.75, 3.05) is 32.4 Å². The second kappa shape index (κ2) is 4.83. The smallest absolute Gasteiger partial charge is 0.244 e. The highest BCUT2D eigenvalue weighted by Gasteiger charge is 2.32. The lowest BCUT2D eigenvalue weighted by Gasteiger charge is -2.37. The van der Waals surface area contributed by atoms with E-state index in [-0.39, 0.29) is 10.9 Å². The Labute approximate surface area is 107 Å². The summed E-state index contributed by atoms with van der Waals surface area (Å²) >= 11 is 0. The summed E-state index contributed by atoms with van der Waals surface area (Å²) in [6.45, 7) is 3.90. The number of likely N-dealkylation sites (N-methyl/N-ethyl adjacent to an activating group) is 1. The molecule has 6 nitrogen and oxygen atoms in total. The largest absolute Gasteiger partial charge is 0.384 e. The van der Waals surface area contributed by atoms with Gasteiger partial charge in [0.1, 0.15) is 10.7 Å². The first-order valence-electron chi connectivity index (χ1n) is 5.83. The predicted octanol–water partition coefficient (Wildman–Crippen LogP) is -0.0116. The predicted molar refractivity (Wildman–Crippen MR) is 69.5 cm³/mol. The van der Waals surface area contributed by atoms with Gasteiger partial charge in [-0.3, -0.25) is 0 Å². The van der Waals surface area contributed by atoms with Crippen molar-refractivity contribution in [3.8, 4) is 0 Å². The lowest BCUT2D eigenvalue weighted by molar-refractivity contribution is 0.170. The molecule has 18 heavy (non-hydrogen) atoms. The van der Waals surface area contributed by atoms with Gasteiger partial charge in [-0.25, -0.2) is 13.4 Å². The van der Waals surface area contributed by atoms with Crippen LogP contribution in [0.2, 0.25) is 0 Å². The number of anilines is 1. The maximum atomic E-state index is 12.4. The molecule has 1 atom stereocenters. The topological polar surface area (TPSA) is 79.5 Å². The summed E-state index contributed by atoms with van der Waals surface area (Å²) in [4.78, 5) is 6.17. The Hall–Kier alpha value is -1.18. The molecule has 1 unspecified atom stereocenters. The van der Waals surface area contributed by atoms with E-state index in [9.17, 15) is 8.42 Å². The van der Waals surface area contributed by atoms with Crippen LogP contribution < -0.4 is 5.73 Å². The SMILES string of the molecule is CC1CN(C)CCN1S(=O)(=O)c1ccc(N)nc1. The van der Waals surface area contributed by atoms with Crippen LogP contribution in [-0.2, 0) is 10.0 Å². The minimum Gasteiger partial charge on any atom is -0.384 e. The van der Waals surface area contributed by atoms with Crippen molar-refractivity contribution in [2.45, 2.75) is 17.9 Å². The molecular formula is C11H18N4O2S. The number of aromatic nitrogens is 1. The van der Waals surface area contributed by atoms with Crippen LogP contribution in [0.25, 0.3) is 0 Å². The second-order valence-corrected chi connectivity index (χ2v) is 6.54. The van der Waals surface area contributed by atoms with E-state index in [2.05, 4.69) is 9.88 Å². The average molecular weight is 270 g/mol. The molecule has 0 saturated carbocycles. The zero-order valence-electron chi connectivity index (χ0n) is 10.6. The molecule has 1 fully saturated rings. The summed E-state index contributed by atoms with van der Waals surface area (Å²) < 4.78 is 26.4. The number of nitrogens with two attached hydrogens (primary N) is 1. The van der Waals surface area contributed by atoms with E-state index in [0.29, 0.717) is 12.4 Å². The Morgan fingerprint density at radius 3 is 2.67 bits per heavy atom. The van der Waals surface area contributed by atoms with Crippen LogP contribution in [0.5, 0.6) is 0 Å². The summed E-state index contributed by atoms with van der Waals surface area (Å²) in [6.07, 6.45) is 1.32. The highest BCUT2D eigenvalue weighted by molar-refractivity contribution is 7.89. The Kier molecular flexibility index (Phi) is 3.56. The Bertz CT molecular complexity index is 514. The van der Waals surface area contributed by atoms with Crippen LogP contribution >= 0.6 is 0 Å². The fourth-order valence-corrected chi connectivity index (χ4v) is 3.72. The maximum Gasteiger partial charge on any atom is 0.244 e. The van der Waals surface area contributed by atoms with E-state index in [4.69, 9.17) is 5.73 Å². The van der Waals surface area contributed by atoms with E-state index in [1.165, 1.54) is 22.6 Å². The second-order valence-electron chi connectivity index (χ2n) is 4.65. The number of sulfonamides is 1. The van der Waals surface area contributed by atoms with E-state index < -0.39 is 10.0 Å². The summed E-state index contributed by atoms with van der Waals surface area (Å²) in [6, 6.07) is 2.97. The molecule has 2 N–H and O–H groups in total. The van der Waals surface area contributed by atoms with Gasteiger partial charge in [0.25, 0.3) is 0 Å². The molecule has 1 aliphatic rings. The molecule has 0 aliphatic carbocycles. The van der Waals surface area contributed by atoms with Gasteiger partial charge >= 0.3 is 0 Å². The van der Waals surface area contributed by atoms with Crippen LogP contribution in [0, 0.1) is 0 Å². The van der Waals surface area contributed by atoms with Crippen LogP contribution in [0.15, 0.2) is 23.2 Å². The highest BCUT2D eigenvalue weighted by atomic mass is 32.2. The molecule has 1 aromatic heterocycles. The van der Waals surface area contributed by atoms with Crippen molar-refractivity contribution in [2.24, 2.45) is 0 Å². The lowest BCUT2D eigenvalue weighted by atomic mass is 10.2. The average Bonchev–Trinajstić information content (AvgIpc) is 2.29. The summed E-state index contributed by atoms with van der Waals surface area (Å²) in [5.74, 6) is 0.320. The van der Waals surface area contributed by atoms with Gasteiger partial charge in [0, 0.05) is 31.9 Å². The van der Waals surface area contributed by atoms with Gasteiger partial charge in [-0.2, -0.15) is 4.31 Å². The van der Waals surface area contributed by atoms with Crippen molar-refractivity contribution >= 4 is 15.8 Å². The van der Waals surface area contributed by atoms with Crippen LogP contribution in [-0.4, -0.2) is 55.3 Å². The molecule has 0 amide bonds. The number of piperazine rings is 1. The monoisotopic (exact) mass is 270 g/mol. The molecule has 0 spiro atoms. The summed E-state index contributed by atoms with van der Waals surface area (Å²) in [5.41, 5.74) is 5.47. The normalized spacial score (nSPS) is 23.1. The number of nitrogens with zero attached hydrogens (tertiary/aromatic N) is 3. The standard InChI is InChI=1S/C11H18N4O2S/c1-9-8-14(2)5-6-15(9)18(16,17)10-3-4-11(12)13-7-10/h3-4,7,9H,5-6,8H2,1-2H3,(H2,12,13). The summed E-state index contributed by atoms with van der Waals surface area (Å²) in [5, 5.41) is 0. The lowest BCUT2D eigenvalue weighted by Crippen LogP contribution is -2.52. The van der Waals surface area contributed by atoms with Crippen molar-refractivity contribution in [3.05, 3.63) is 18.3 Å². The molecule has 7 heteroatoms. The Morgan fingerprint density at radius 2 is 2.11 bits per heavy atom. The van der Waals surface area contributed by atoms with Gasteiger partial charge in [-0.1, -0.05) is 0 Å². The molecular weight excluding hydrogens is 252 g/mol. The minimum absolute atomic E-state index is 0.0358. The highest BCUT2D eigenvalue weighted by Crippen LogP contribution is 2.20. The van der Waals surface area contributed by atoms with Gasteiger partial charge in [-0.15, -0.1) is 0 Å². The quantitative estimate of drug-likeness (QED) is 0.817. The number of hydrogen-bond donors (Lipinski definition) is 1. The number of pyridine rings is 1. The Morgan fingerprint density at radius 1 is 1.39 bits per heavy atom. The third-order valence-electron chi connectivity index (χ3n) is 3.14. The van der Waals surface area contributed by atoms with Crippen LogP contribution in [0.4, 0.5) is 5.82 Å². The van der Waals surface area contributed by atoms with Crippen molar-refractivity contribution < 1.29 is 8.42 Å². The molecule has 2 heterocycles. The molecule has 0 radical (unpaired) electrons. The van der Waals surface area contributed by atoms with Crippen molar-refractivity contribution in [1.29, 1.82) is 0 Å². The van der Waals surface area contributed by atoms with E-state index >= 15 is 0 Å². The number of hydrogen-bond acceptors (Lipinski definition) is 5. The zero-order chi connectivity index (χ0) is 13.3. The molecule has 1 saturated heterocycles. The molecule has 2 rings (SSSR count). The van der Waals surface area contributed by atoms with E-state index in [1.807, 2.05) is 14.0 Å². The molecule has 1 aromatic rings. The van der Waals surface area contributed by atoms with Crippen molar-refractivity contribution in [3.63, 3.8) is 0 Å². The van der Waals surface area contributed by atoms with Gasteiger partial charge in [0.05, 0.1) is 0 Å². The van der Waals surface area contributed by atoms with Gasteiger partial charge in [0.2, 0.25) is 10.0 Å². The molecule has 1 aliphatic heterocycles. The first-order valence-corrected chi connectivity index (χ1v) is 7.27. The molecule has 100 valence electrons.